The van der Waals surface area contributed by atoms with E-state index in [-0.39, 0.29) is 0 Å². The smallest absolute Gasteiger partial charge is 0.347 e. The minimum atomic E-state index is -0.887. The van der Waals surface area contributed by atoms with E-state index in [2.05, 4.69) is 16.8 Å². The van der Waals surface area contributed by atoms with Crippen molar-refractivity contribution >= 4 is 22.4 Å². The van der Waals surface area contributed by atoms with Crippen molar-refractivity contribution in [2.45, 2.75) is 45.1 Å². The van der Waals surface area contributed by atoms with Gasteiger partial charge in [0.1, 0.15) is 4.88 Å². The Hall–Kier alpha value is -1.10. The van der Waals surface area contributed by atoms with Crippen LogP contribution in [0.1, 0.15) is 48.7 Å². The summed E-state index contributed by atoms with van der Waals surface area (Å²) in [5.41, 5.74) is 0. The van der Waals surface area contributed by atoms with E-state index >= 15 is 0 Å². The lowest BCUT2D eigenvalue weighted by Crippen LogP contribution is -2.35. The van der Waals surface area contributed by atoms with Crippen LogP contribution in [0, 0.1) is 5.92 Å². The molecule has 0 unspecified atom stereocenters. The Bertz CT molecular complexity index is 411. The van der Waals surface area contributed by atoms with Crippen molar-refractivity contribution in [3.63, 3.8) is 0 Å². The van der Waals surface area contributed by atoms with Gasteiger partial charge in [0.25, 0.3) is 0 Å². The van der Waals surface area contributed by atoms with E-state index in [1.165, 1.54) is 49.6 Å². The summed E-state index contributed by atoms with van der Waals surface area (Å²) < 4.78 is 0. The molecule has 4 nitrogen and oxygen atoms in total. The number of aromatic nitrogens is 1. The molecule has 5 heteroatoms. The van der Waals surface area contributed by atoms with Crippen molar-refractivity contribution in [2.75, 3.05) is 11.9 Å². The summed E-state index contributed by atoms with van der Waals surface area (Å²) in [6.45, 7) is 2.26. The lowest BCUT2D eigenvalue weighted by atomic mass is 9.84. The number of anilines is 1. The number of hydrogen-bond donors (Lipinski definition) is 1. The summed E-state index contributed by atoms with van der Waals surface area (Å²) in [5.74, 6) is -0.0117. The second-order valence-corrected chi connectivity index (χ2v) is 6.02. The number of aromatic carboxylic acids is 1. The molecule has 0 radical (unpaired) electrons. The van der Waals surface area contributed by atoms with Gasteiger partial charge in [-0.25, -0.2) is 9.78 Å². The number of carboxylic acids is 1. The van der Waals surface area contributed by atoms with Gasteiger partial charge in [0.05, 0.1) is 6.20 Å². The molecule has 18 heavy (non-hydrogen) atoms. The predicted octanol–water partition coefficient (Wildman–Crippen LogP) is 3.25. The Morgan fingerprint density at radius 3 is 2.67 bits per heavy atom. The van der Waals surface area contributed by atoms with Gasteiger partial charge in [-0.05, 0) is 31.6 Å². The minimum absolute atomic E-state index is 0.319. The zero-order valence-electron chi connectivity index (χ0n) is 10.9. The van der Waals surface area contributed by atoms with Crippen molar-refractivity contribution in [3.05, 3.63) is 11.1 Å². The van der Waals surface area contributed by atoms with Gasteiger partial charge in [0, 0.05) is 13.1 Å². The summed E-state index contributed by atoms with van der Waals surface area (Å²) >= 11 is 1.26. The lowest BCUT2D eigenvalue weighted by Gasteiger charge is -2.34. The number of thiazole rings is 1. The molecular weight excluding hydrogens is 248 g/mol. The molecule has 0 bridgehead atoms. The molecule has 100 valence electrons. The fourth-order valence-corrected chi connectivity index (χ4v) is 3.41. The Labute approximate surface area is 112 Å². The van der Waals surface area contributed by atoms with Crippen LogP contribution in [0.2, 0.25) is 0 Å². The second kappa shape index (κ2) is 5.69. The number of rotatable bonds is 4. The number of nitrogens with zero attached hydrogens (tertiary/aromatic N) is 2. The third-order valence-electron chi connectivity index (χ3n) is 3.95. The Morgan fingerprint density at radius 1 is 1.50 bits per heavy atom. The lowest BCUT2D eigenvalue weighted by molar-refractivity contribution is 0.0702. The van der Waals surface area contributed by atoms with Crippen LogP contribution in [-0.4, -0.2) is 29.1 Å². The van der Waals surface area contributed by atoms with Crippen LogP contribution in [0.3, 0.4) is 0 Å². The second-order valence-electron chi connectivity index (χ2n) is 5.01. The van der Waals surface area contributed by atoms with E-state index in [0.29, 0.717) is 10.9 Å². The van der Waals surface area contributed by atoms with Gasteiger partial charge in [-0.2, -0.15) is 0 Å². The highest BCUT2D eigenvalue weighted by Gasteiger charge is 2.25. The molecule has 0 aromatic carbocycles. The minimum Gasteiger partial charge on any atom is -0.477 e. The van der Waals surface area contributed by atoms with Crippen molar-refractivity contribution in [1.82, 2.24) is 4.98 Å². The first-order valence-corrected chi connectivity index (χ1v) is 7.35. The fourth-order valence-electron chi connectivity index (χ4n) is 2.62. The zero-order chi connectivity index (χ0) is 13.1. The highest BCUT2D eigenvalue weighted by atomic mass is 32.1. The third kappa shape index (κ3) is 2.83. The average molecular weight is 268 g/mol. The Morgan fingerprint density at radius 2 is 2.17 bits per heavy atom. The highest BCUT2D eigenvalue weighted by molar-refractivity contribution is 7.17. The van der Waals surface area contributed by atoms with E-state index in [9.17, 15) is 4.79 Å². The molecule has 1 N–H and O–H groups in total. The summed E-state index contributed by atoms with van der Waals surface area (Å²) in [6, 6.07) is 0.514. The number of hydrogen-bond acceptors (Lipinski definition) is 4. The Kier molecular flexibility index (Phi) is 4.22. The molecule has 0 spiro atoms. The van der Waals surface area contributed by atoms with E-state index in [0.717, 1.165) is 11.0 Å². The van der Waals surface area contributed by atoms with Crippen molar-refractivity contribution < 1.29 is 9.90 Å². The van der Waals surface area contributed by atoms with Crippen LogP contribution in [0.4, 0.5) is 5.13 Å². The first-order chi connectivity index (χ1) is 8.61. The Balaban J connectivity index is 1.98. The molecule has 1 fully saturated rings. The summed E-state index contributed by atoms with van der Waals surface area (Å²) in [4.78, 5) is 17.5. The molecule has 2 rings (SSSR count). The standard InChI is InChI=1S/C13H20N2O2S/c1-3-9-4-6-10(7-5-9)15(2)13-14-8-11(18-13)12(16)17/h8-10H,3-7H2,1-2H3,(H,16,17). The SMILES string of the molecule is CCC1CCC(N(C)c2ncc(C(=O)O)s2)CC1. The van der Waals surface area contributed by atoms with Crippen molar-refractivity contribution in [1.29, 1.82) is 0 Å². The van der Waals surface area contributed by atoms with Crippen molar-refractivity contribution in [3.8, 4) is 0 Å². The van der Waals surface area contributed by atoms with Gasteiger partial charge in [-0.3, -0.25) is 0 Å². The van der Waals surface area contributed by atoms with Crippen LogP contribution in [-0.2, 0) is 0 Å². The van der Waals surface area contributed by atoms with E-state index in [1.54, 1.807) is 0 Å². The molecule has 1 aliphatic rings. The quantitative estimate of drug-likeness (QED) is 0.910. The van der Waals surface area contributed by atoms with Crippen LogP contribution in [0.15, 0.2) is 6.20 Å². The largest absolute Gasteiger partial charge is 0.477 e. The van der Waals surface area contributed by atoms with Gasteiger partial charge in [-0.1, -0.05) is 24.7 Å². The van der Waals surface area contributed by atoms with Gasteiger partial charge in [0.15, 0.2) is 5.13 Å². The van der Waals surface area contributed by atoms with Crippen LogP contribution >= 0.6 is 11.3 Å². The van der Waals surface area contributed by atoms with Crippen LogP contribution in [0.5, 0.6) is 0 Å². The molecule has 0 amide bonds. The molecule has 1 aromatic heterocycles. The summed E-state index contributed by atoms with van der Waals surface area (Å²) in [5, 5.41) is 9.74. The van der Waals surface area contributed by atoms with E-state index in [1.807, 2.05) is 7.05 Å². The highest BCUT2D eigenvalue weighted by Crippen LogP contribution is 2.32. The molecule has 1 aliphatic carbocycles. The molecule has 1 saturated carbocycles. The molecule has 1 heterocycles. The van der Waals surface area contributed by atoms with E-state index in [4.69, 9.17) is 5.11 Å². The summed E-state index contributed by atoms with van der Waals surface area (Å²) in [7, 11) is 2.03. The van der Waals surface area contributed by atoms with Crippen LogP contribution < -0.4 is 4.90 Å². The normalized spacial score (nSPS) is 23.9. The fraction of sp³-hybridized carbons (Fsp3) is 0.692. The molecule has 0 atom stereocenters. The monoisotopic (exact) mass is 268 g/mol. The number of carboxylic acid groups (broad SMARTS) is 1. The maximum atomic E-state index is 10.8. The maximum absolute atomic E-state index is 10.8. The average Bonchev–Trinajstić information content (AvgIpc) is 2.88. The molecule has 0 aliphatic heterocycles. The first-order valence-electron chi connectivity index (χ1n) is 6.53. The molecular formula is C13H20N2O2S. The third-order valence-corrected chi connectivity index (χ3v) is 5.02. The topological polar surface area (TPSA) is 53.4 Å². The molecule has 0 saturated heterocycles. The first kappa shape index (κ1) is 13.3. The zero-order valence-corrected chi connectivity index (χ0v) is 11.7. The van der Waals surface area contributed by atoms with Gasteiger partial charge in [-0.15, -0.1) is 0 Å². The van der Waals surface area contributed by atoms with Gasteiger partial charge in [0.2, 0.25) is 0 Å². The number of carbonyl (C=O) groups is 1. The maximum Gasteiger partial charge on any atom is 0.347 e. The molecule has 1 aromatic rings. The predicted molar refractivity (Wildman–Crippen MR) is 73.5 cm³/mol. The van der Waals surface area contributed by atoms with Gasteiger partial charge >= 0.3 is 5.97 Å². The van der Waals surface area contributed by atoms with E-state index < -0.39 is 5.97 Å². The van der Waals surface area contributed by atoms with Gasteiger partial charge < -0.3 is 10.0 Å². The van der Waals surface area contributed by atoms with Crippen molar-refractivity contribution in [2.24, 2.45) is 5.92 Å². The van der Waals surface area contributed by atoms with Crippen LogP contribution in [0.25, 0.3) is 0 Å². The summed E-state index contributed by atoms with van der Waals surface area (Å²) in [6.07, 6.45) is 7.67.